The third-order valence-corrected chi connectivity index (χ3v) is 4.16. The number of ether oxygens (including phenoxy) is 3. The Morgan fingerprint density at radius 1 is 1.21 bits per heavy atom. The van der Waals surface area contributed by atoms with Gasteiger partial charge in [-0.1, -0.05) is 29.8 Å². The average molecular weight is 406 g/mol. The lowest BCUT2D eigenvalue weighted by atomic mass is 10.2. The minimum Gasteiger partial charge on any atom is -0.486 e. The predicted octanol–water partition coefficient (Wildman–Crippen LogP) is 2.99. The van der Waals surface area contributed by atoms with Gasteiger partial charge in [-0.3, -0.25) is 4.79 Å². The Morgan fingerprint density at radius 3 is 2.79 bits per heavy atom. The van der Waals surface area contributed by atoms with Gasteiger partial charge in [0.1, 0.15) is 18.5 Å². The highest BCUT2D eigenvalue weighted by Crippen LogP contribution is 2.30. The molecule has 1 aliphatic heterocycles. The third-order valence-electron chi connectivity index (χ3n) is 3.83. The second-order valence-electron chi connectivity index (χ2n) is 5.88. The number of benzene rings is 2. The molecular formula is C20H17ClFNO5. The first kappa shape index (κ1) is 19.7. The van der Waals surface area contributed by atoms with Crippen LogP contribution in [0.15, 0.2) is 48.5 Å². The molecule has 1 atom stereocenters. The number of hydrogen-bond donors (Lipinski definition) is 1. The fourth-order valence-corrected chi connectivity index (χ4v) is 2.67. The second-order valence-corrected chi connectivity index (χ2v) is 6.29. The molecule has 0 unspecified atom stereocenters. The normalized spacial score (nSPS) is 15.3. The predicted molar refractivity (Wildman–Crippen MR) is 101 cm³/mol. The first-order chi connectivity index (χ1) is 13.5. The van der Waals surface area contributed by atoms with E-state index in [1.807, 2.05) is 12.1 Å². The summed E-state index contributed by atoms with van der Waals surface area (Å²) in [6, 6.07) is 11.4. The van der Waals surface area contributed by atoms with Crippen LogP contribution < -0.4 is 14.8 Å². The Bertz CT molecular complexity index is 882. The van der Waals surface area contributed by atoms with E-state index in [2.05, 4.69) is 5.32 Å². The minimum atomic E-state index is -0.791. The largest absolute Gasteiger partial charge is 0.486 e. The summed E-state index contributed by atoms with van der Waals surface area (Å²) in [5.74, 6) is -0.587. The topological polar surface area (TPSA) is 73.9 Å². The van der Waals surface area contributed by atoms with Crippen LogP contribution in [0, 0.1) is 5.82 Å². The van der Waals surface area contributed by atoms with Gasteiger partial charge in [-0.05, 0) is 30.3 Å². The maximum absolute atomic E-state index is 13.6. The molecule has 0 spiro atoms. The Kier molecular flexibility index (Phi) is 6.49. The van der Waals surface area contributed by atoms with Gasteiger partial charge in [-0.2, -0.15) is 0 Å². The van der Waals surface area contributed by atoms with Crippen molar-refractivity contribution < 1.29 is 28.2 Å². The highest BCUT2D eigenvalue weighted by Gasteiger charge is 2.21. The van der Waals surface area contributed by atoms with E-state index in [0.717, 1.165) is 6.08 Å². The molecule has 1 amide bonds. The zero-order chi connectivity index (χ0) is 19.9. The standard InChI is InChI=1S/C20H17ClFNO5/c21-15-4-3-5-16(22)14(15)8-9-20(25)27-12-19(24)23-10-13-11-26-17-6-1-2-7-18(17)28-13/h1-9,13H,10-12H2,(H,23,24)/b9-8+/t13-/m1/s1. The minimum absolute atomic E-state index is 0.0697. The number of para-hydroxylation sites is 2. The Balaban J connectivity index is 1.41. The number of halogens is 2. The van der Waals surface area contributed by atoms with Crippen molar-refractivity contribution >= 4 is 29.6 Å². The molecule has 2 aromatic carbocycles. The third kappa shape index (κ3) is 5.23. The van der Waals surface area contributed by atoms with Gasteiger partial charge in [0.25, 0.3) is 5.91 Å². The SMILES string of the molecule is O=C(COC(=O)/C=C/c1c(F)cccc1Cl)NC[C@@H]1COc2ccccc2O1. The molecule has 0 saturated heterocycles. The van der Waals surface area contributed by atoms with E-state index in [9.17, 15) is 14.0 Å². The Labute approximate surface area is 165 Å². The summed E-state index contributed by atoms with van der Waals surface area (Å²) in [5, 5.41) is 2.77. The molecule has 1 aliphatic rings. The van der Waals surface area contributed by atoms with Crippen LogP contribution >= 0.6 is 11.6 Å². The van der Waals surface area contributed by atoms with Crippen molar-refractivity contribution in [3.8, 4) is 11.5 Å². The van der Waals surface area contributed by atoms with Gasteiger partial charge in [0, 0.05) is 11.6 Å². The summed E-state index contributed by atoms with van der Waals surface area (Å²) in [5.41, 5.74) is 0.0697. The molecule has 1 N–H and O–H groups in total. The average Bonchev–Trinajstić information content (AvgIpc) is 2.70. The number of hydrogen-bond acceptors (Lipinski definition) is 5. The van der Waals surface area contributed by atoms with Gasteiger partial charge in [-0.15, -0.1) is 0 Å². The molecule has 146 valence electrons. The van der Waals surface area contributed by atoms with Crippen molar-refractivity contribution in [1.82, 2.24) is 5.32 Å². The molecule has 0 aromatic heterocycles. The zero-order valence-corrected chi connectivity index (χ0v) is 15.4. The number of rotatable bonds is 6. The lowest BCUT2D eigenvalue weighted by Crippen LogP contribution is -2.42. The molecule has 0 fully saturated rings. The second kappa shape index (κ2) is 9.23. The smallest absolute Gasteiger partial charge is 0.331 e. The summed E-state index contributed by atoms with van der Waals surface area (Å²) in [6.45, 7) is 0.0208. The van der Waals surface area contributed by atoms with Gasteiger partial charge in [0.05, 0.1) is 11.6 Å². The van der Waals surface area contributed by atoms with Gasteiger partial charge in [0.15, 0.2) is 18.1 Å². The molecule has 0 bridgehead atoms. The van der Waals surface area contributed by atoms with E-state index >= 15 is 0 Å². The van der Waals surface area contributed by atoms with E-state index < -0.39 is 24.3 Å². The first-order valence-corrected chi connectivity index (χ1v) is 8.85. The monoisotopic (exact) mass is 405 g/mol. The molecule has 0 radical (unpaired) electrons. The lowest BCUT2D eigenvalue weighted by Gasteiger charge is -2.26. The highest BCUT2D eigenvalue weighted by molar-refractivity contribution is 6.32. The molecule has 1 heterocycles. The lowest BCUT2D eigenvalue weighted by molar-refractivity contribution is -0.143. The van der Waals surface area contributed by atoms with Crippen LogP contribution in [0.3, 0.4) is 0 Å². The van der Waals surface area contributed by atoms with Crippen molar-refractivity contribution in [2.75, 3.05) is 19.8 Å². The van der Waals surface area contributed by atoms with Crippen molar-refractivity contribution in [3.05, 3.63) is 64.9 Å². The fraction of sp³-hybridized carbons (Fsp3) is 0.200. The number of carbonyl (C=O) groups is 2. The van der Waals surface area contributed by atoms with Crippen molar-refractivity contribution in [2.24, 2.45) is 0 Å². The van der Waals surface area contributed by atoms with Crippen molar-refractivity contribution in [2.45, 2.75) is 6.10 Å². The van der Waals surface area contributed by atoms with Gasteiger partial charge in [0.2, 0.25) is 0 Å². The Hall–Kier alpha value is -3.06. The van der Waals surface area contributed by atoms with E-state index in [1.165, 1.54) is 24.3 Å². The molecule has 2 aromatic rings. The van der Waals surface area contributed by atoms with Crippen molar-refractivity contribution in [3.63, 3.8) is 0 Å². The first-order valence-electron chi connectivity index (χ1n) is 8.47. The van der Waals surface area contributed by atoms with Crippen LogP contribution in [0.1, 0.15) is 5.56 Å². The van der Waals surface area contributed by atoms with Gasteiger partial charge in [-0.25, -0.2) is 9.18 Å². The number of carbonyl (C=O) groups excluding carboxylic acids is 2. The van der Waals surface area contributed by atoms with Crippen LogP contribution in [0.5, 0.6) is 11.5 Å². The number of fused-ring (bicyclic) bond motifs is 1. The molecular weight excluding hydrogens is 389 g/mol. The van der Waals surface area contributed by atoms with E-state index in [1.54, 1.807) is 12.1 Å². The summed E-state index contributed by atoms with van der Waals surface area (Å²) in [6.07, 6.45) is 1.85. The maximum atomic E-state index is 13.6. The number of amides is 1. The molecule has 0 saturated carbocycles. The van der Waals surface area contributed by atoms with Crippen LogP contribution in [0.25, 0.3) is 6.08 Å². The highest BCUT2D eigenvalue weighted by atomic mass is 35.5. The van der Waals surface area contributed by atoms with Crippen LogP contribution in [0.2, 0.25) is 5.02 Å². The summed E-state index contributed by atoms with van der Waals surface area (Å²) in [4.78, 5) is 23.5. The van der Waals surface area contributed by atoms with Gasteiger partial charge < -0.3 is 19.5 Å². The molecule has 6 nitrogen and oxygen atoms in total. The molecule has 28 heavy (non-hydrogen) atoms. The van der Waals surface area contributed by atoms with Crippen LogP contribution in [0.4, 0.5) is 4.39 Å². The summed E-state index contributed by atoms with van der Waals surface area (Å²) >= 11 is 5.86. The summed E-state index contributed by atoms with van der Waals surface area (Å²) < 4.78 is 29.7. The van der Waals surface area contributed by atoms with Crippen LogP contribution in [-0.4, -0.2) is 37.7 Å². The van der Waals surface area contributed by atoms with Gasteiger partial charge >= 0.3 is 5.97 Å². The van der Waals surface area contributed by atoms with Crippen LogP contribution in [-0.2, 0) is 14.3 Å². The number of nitrogens with one attached hydrogen (secondary N) is 1. The number of esters is 1. The summed E-state index contributed by atoms with van der Waals surface area (Å²) in [7, 11) is 0. The van der Waals surface area contributed by atoms with Crippen molar-refractivity contribution in [1.29, 1.82) is 0 Å². The maximum Gasteiger partial charge on any atom is 0.331 e. The van der Waals surface area contributed by atoms with E-state index in [-0.39, 0.29) is 23.2 Å². The molecule has 3 rings (SSSR count). The Morgan fingerprint density at radius 2 is 2.00 bits per heavy atom. The fourth-order valence-electron chi connectivity index (χ4n) is 2.45. The molecule has 8 heteroatoms. The van der Waals surface area contributed by atoms with E-state index in [4.69, 9.17) is 25.8 Å². The van der Waals surface area contributed by atoms with E-state index in [0.29, 0.717) is 18.1 Å². The molecule has 0 aliphatic carbocycles. The zero-order valence-electron chi connectivity index (χ0n) is 14.7. The quantitative estimate of drug-likeness (QED) is 0.590.